The van der Waals surface area contributed by atoms with Crippen LogP contribution in [0.4, 0.5) is 0 Å². The lowest BCUT2D eigenvalue weighted by Crippen LogP contribution is -2.28. The van der Waals surface area contributed by atoms with Crippen molar-refractivity contribution in [2.24, 2.45) is 10.8 Å². The van der Waals surface area contributed by atoms with Crippen LogP contribution in [0.15, 0.2) is 130 Å². The van der Waals surface area contributed by atoms with Gasteiger partial charge in [-0.2, -0.15) is 0 Å². The molecule has 0 fully saturated rings. The van der Waals surface area contributed by atoms with E-state index in [1.165, 1.54) is 44.6 Å². The van der Waals surface area contributed by atoms with Crippen molar-refractivity contribution < 1.29 is 10.2 Å². The van der Waals surface area contributed by atoms with Crippen LogP contribution >= 0.6 is 0 Å². The molecular formula is C40H56O2. The van der Waals surface area contributed by atoms with Gasteiger partial charge in [0.05, 0.1) is 12.2 Å². The Balaban J connectivity index is 1.90. The summed E-state index contributed by atoms with van der Waals surface area (Å²) in [5.41, 5.74) is 10.1. The summed E-state index contributed by atoms with van der Waals surface area (Å²) < 4.78 is 0. The Kier molecular flexibility index (Phi) is 13.5. The van der Waals surface area contributed by atoms with Gasteiger partial charge in [0.1, 0.15) is 0 Å². The molecule has 2 atom stereocenters. The Bertz CT molecular complexity index is 1190. The van der Waals surface area contributed by atoms with Crippen molar-refractivity contribution in [3.63, 3.8) is 0 Å². The third kappa shape index (κ3) is 11.7. The van der Waals surface area contributed by atoms with Crippen LogP contribution in [0.3, 0.4) is 0 Å². The first-order valence-corrected chi connectivity index (χ1v) is 15.5. The number of aliphatic hydroxyl groups excluding tert-OH is 2. The SMILES string of the molecule is CC(C=CC=C(C)C=CC1=C(C)CC(O)CC1(C)C)=CC=CC=C(C)C=CC=C(C)C=CC1=C(C)C[C@@H](O)CC1(C)C. The topological polar surface area (TPSA) is 40.5 Å². The summed E-state index contributed by atoms with van der Waals surface area (Å²) in [7, 11) is 0. The van der Waals surface area contributed by atoms with Crippen LogP contribution in [0.25, 0.3) is 0 Å². The van der Waals surface area contributed by atoms with E-state index < -0.39 is 0 Å². The first kappa shape index (κ1) is 35.3. The zero-order valence-electron chi connectivity index (χ0n) is 28.0. The molecule has 0 aromatic heterocycles. The Morgan fingerprint density at radius 1 is 0.548 bits per heavy atom. The number of hydrogen-bond acceptors (Lipinski definition) is 2. The van der Waals surface area contributed by atoms with Gasteiger partial charge in [-0.25, -0.2) is 0 Å². The normalized spacial score (nSPS) is 25.0. The molecule has 2 rings (SSSR count). The lowest BCUT2D eigenvalue weighted by Gasteiger charge is -2.35. The first-order chi connectivity index (χ1) is 19.6. The molecule has 228 valence electrons. The molecule has 0 aliphatic heterocycles. The number of aliphatic hydroxyl groups is 2. The molecule has 2 aliphatic rings. The summed E-state index contributed by atoms with van der Waals surface area (Å²) in [4.78, 5) is 0. The van der Waals surface area contributed by atoms with Gasteiger partial charge < -0.3 is 10.2 Å². The second-order valence-electron chi connectivity index (χ2n) is 13.7. The summed E-state index contributed by atoms with van der Waals surface area (Å²) in [5.74, 6) is 0. The Labute approximate surface area is 257 Å². The Morgan fingerprint density at radius 2 is 0.857 bits per heavy atom. The molecule has 0 bridgehead atoms. The van der Waals surface area contributed by atoms with Crippen LogP contribution < -0.4 is 0 Å². The van der Waals surface area contributed by atoms with E-state index in [2.05, 4.69) is 154 Å². The van der Waals surface area contributed by atoms with Crippen molar-refractivity contribution in [1.82, 2.24) is 0 Å². The van der Waals surface area contributed by atoms with Crippen LogP contribution in [0, 0.1) is 10.8 Å². The van der Waals surface area contributed by atoms with E-state index in [0.717, 1.165) is 25.7 Å². The number of allylic oxidation sites excluding steroid dienone is 20. The van der Waals surface area contributed by atoms with Gasteiger partial charge in [0, 0.05) is 0 Å². The van der Waals surface area contributed by atoms with Gasteiger partial charge in [-0.15, -0.1) is 0 Å². The van der Waals surface area contributed by atoms with Gasteiger partial charge in [-0.3, -0.25) is 0 Å². The molecule has 42 heavy (non-hydrogen) atoms. The second kappa shape index (κ2) is 16.1. The van der Waals surface area contributed by atoms with E-state index in [1.54, 1.807) is 0 Å². The summed E-state index contributed by atoms with van der Waals surface area (Å²) in [6.07, 6.45) is 32.6. The average Bonchev–Trinajstić information content (AvgIpc) is 2.84. The van der Waals surface area contributed by atoms with Crippen molar-refractivity contribution in [3.05, 3.63) is 130 Å². The maximum atomic E-state index is 10.1. The summed E-state index contributed by atoms with van der Waals surface area (Å²) >= 11 is 0. The van der Waals surface area contributed by atoms with Crippen molar-refractivity contribution in [3.8, 4) is 0 Å². The summed E-state index contributed by atoms with van der Waals surface area (Å²) in [5, 5.41) is 20.2. The summed E-state index contributed by atoms with van der Waals surface area (Å²) in [6, 6.07) is 0. The van der Waals surface area contributed by atoms with Gasteiger partial charge in [-0.05, 0) is 89.2 Å². The zero-order chi connectivity index (χ0) is 31.5. The second-order valence-corrected chi connectivity index (χ2v) is 13.7. The highest BCUT2D eigenvalue weighted by Crippen LogP contribution is 2.42. The van der Waals surface area contributed by atoms with Gasteiger partial charge in [0.25, 0.3) is 0 Å². The molecular weight excluding hydrogens is 512 g/mol. The molecule has 0 amide bonds. The quantitative estimate of drug-likeness (QED) is 0.257. The van der Waals surface area contributed by atoms with Gasteiger partial charge in [-0.1, -0.05) is 146 Å². The standard InChI is InChI=1S/C40H56O2/c1-29(17-13-19-31(3)21-23-37-33(5)25-35(41)27-39(37,7)8)15-11-12-16-30(2)18-14-20-32(4)22-24-38-34(6)26-36(42)28-40(38,9)10/h11-24,35-36,41-42H,25-28H2,1-10H3/t35-,36?/m1/s1. The van der Waals surface area contributed by atoms with Crippen molar-refractivity contribution in [1.29, 1.82) is 0 Å². The van der Waals surface area contributed by atoms with Crippen LogP contribution in [0.2, 0.25) is 0 Å². The minimum atomic E-state index is -0.227. The highest BCUT2D eigenvalue weighted by atomic mass is 16.3. The van der Waals surface area contributed by atoms with Crippen LogP contribution in [0.1, 0.15) is 94.9 Å². The van der Waals surface area contributed by atoms with E-state index in [9.17, 15) is 10.2 Å². The predicted molar refractivity (Wildman–Crippen MR) is 184 cm³/mol. The Hall–Kier alpha value is -2.94. The third-order valence-electron chi connectivity index (χ3n) is 8.24. The van der Waals surface area contributed by atoms with Crippen LogP contribution in [0.5, 0.6) is 0 Å². The van der Waals surface area contributed by atoms with Crippen molar-refractivity contribution in [2.75, 3.05) is 0 Å². The fraction of sp³-hybridized carbons (Fsp3) is 0.450. The van der Waals surface area contributed by atoms with Crippen molar-refractivity contribution in [2.45, 2.75) is 107 Å². The third-order valence-corrected chi connectivity index (χ3v) is 8.24. The smallest absolute Gasteiger partial charge is 0.0585 e. The maximum absolute atomic E-state index is 10.1. The van der Waals surface area contributed by atoms with Crippen LogP contribution in [-0.4, -0.2) is 22.4 Å². The Morgan fingerprint density at radius 3 is 1.19 bits per heavy atom. The minimum Gasteiger partial charge on any atom is -0.393 e. The monoisotopic (exact) mass is 568 g/mol. The largest absolute Gasteiger partial charge is 0.393 e. The minimum absolute atomic E-state index is 0.00547. The number of hydrogen-bond donors (Lipinski definition) is 2. The van der Waals surface area contributed by atoms with Gasteiger partial charge >= 0.3 is 0 Å². The van der Waals surface area contributed by atoms with E-state index >= 15 is 0 Å². The van der Waals surface area contributed by atoms with Gasteiger partial charge in [0.2, 0.25) is 0 Å². The lowest BCUT2D eigenvalue weighted by molar-refractivity contribution is 0.116. The van der Waals surface area contributed by atoms with E-state index in [1.807, 2.05) is 0 Å². The lowest BCUT2D eigenvalue weighted by atomic mass is 9.71. The van der Waals surface area contributed by atoms with Gasteiger partial charge in [0.15, 0.2) is 0 Å². The molecule has 1 unspecified atom stereocenters. The average molecular weight is 569 g/mol. The molecule has 0 heterocycles. The van der Waals surface area contributed by atoms with E-state index in [0.29, 0.717) is 0 Å². The molecule has 0 aromatic rings. The first-order valence-electron chi connectivity index (χ1n) is 15.5. The molecule has 2 nitrogen and oxygen atoms in total. The fourth-order valence-corrected chi connectivity index (χ4v) is 6.13. The van der Waals surface area contributed by atoms with E-state index in [4.69, 9.17) is 0 Å². The molecule has 0 aromatic carbocycles. The molecule has 0 spiro atoms. The molecule has 2 N–H and O–H groups in total. The van der Waals surface area contributed by atoms with E-state index in [-0.39, 0.29) is 23.0 Å². The molecule has 0 saturated carbocycles. The van der Waals surface area contributed by atoms with Crippen molar-refractivity contribution >= 4 is 0 Å². The summed E-state index contributed by atoms with van der Waals surface area (Å²) in [6.45, 7) is 21.6. The molecule has 0 saturated heterocycles. The molecule has 2 aliphatic carbocycles. The predicted octanol–water partition coefficient (Wildman–Crippen LogP) is 10.5. The number of rotatable bonds is 10. The molecule has 0 radical (unpaired) electrons. The fourth-order valence-electron chi connectivity index (χ4n) is 6.13. The molecule has 2 heteroatoms. The maximum Gasteiger partial charge on any atom is 0.0585 e. The highest BCUT2D eigenvalue weighted by molar-refractivity contribution is 5.39. The zero-order valence-corrected chi connectivity index (χ0v) is 28.0. The highest BCUT2D eigenvalue weighted by Gasteiger charge is 2.32. The van der Waals surface area contributed by atoms with Crippen LogP contribution in [-0.2, 0) is 0 Å².